The Kier molecular flexibility index (Phi) is 3.94. The van der Waals surface area contributed by atoms with Crippen molar-refractivity contribution in [2.24, 2.45) is 0 Å². The van der Waals surface area contributed by atoms with Gasteiger partial charge >= 0.3 is 0 Å². The van der Waals surface area contributed by atoms with Gasteiger partial charge in [-0.3, -0.25) is 9.59 Å². The van der Waals surface area contributed by atoms with Gasteiger partial charge in [0, 0.05) is 36.3 Å². The number of hydrogen-bond donors (Lipinski definition) is 1. The van der Waals surface area contributed by atoms with Crippen molar-refractivity contribution in [2.45, 2.75) is 19.4 Å². The third-order valence-electron chi connectivity index (χ3n) is 3.25. The van der Waals surface area contributed by atoms with Crippen molar-refractivity contribution in [3.8, 4) is 0 Å². The van der Waals surface area contributed by atoms with Crippen LogP contribution in [0.25, 0.3) is 0 Å². The first-order valence-corrected chi connectivity index (χ1v) is 7.00. The molecule has 5 nitrogen and oxygen atoms in total. The number of halogens is 1. The zero-order valence-electron chi connectivity index (χ0n) is 10.4. The average Bonchev–Trinajstić information content (AvgIpc) is 2.74. The highest BCUT2D eigenvalue weighted by Gasteiger charge is 2.27. The number of rotatable bonds is 3. The maximum absolute atomic E-state index is 11.9. The minimum atomic E-state index is -0.0644. The molecule has 0 aliphatic carbocycles. The summed E-state index contributed by atoms with van der Waals surface area (Å²) in [5.41, 5.74) is 0.641. The van der Waals surface area contributed by atoms with Crippen molar-refractivity contribution in [1.29, 1.82) is 0 Å². The summed E-state index contributed by atoms with van der Waals surface area (Å²) in [6.45, 7) is 3.17. The smallest absolute Gasteiger partial charge is 0.268 e. The van der Waals surface area contributed by atoms with E-state index in [1.807, 2.05) is 23.8 Å². The van der Waals surface area contributed by atoms with E-state index in [9.17, 15) is 9.59 Å². The SMILES string of the molecule is CCN(C)C(=O)CC1CNC(=O)c2cc(I)cn21. The number of amides is 2. The van der Waals surface area contributed by atoms with E-state index >= 15 is 0 Å². The highest BCUT2D eigenvalue weighted by molar-refractivity contribution is 14.1. The molecule has 1 aliphatic rings. The van der Waals surface area contributed by atoms with Crippen molar-refractivity contribution in [3.05, 3.63) is 21.5 Å². The van der Waals surface area contributed by atoms with Crippen molar-refractivity contribution < 1.29 is 9.59 Å². The summed E-state index contributed by atoms with van der Waals surface area (Å²) < 4.78 is 2.93. The molecule has 2 rings (SSSR count). The lowest BCUT2D eigenvalue weighted by Gasteiger charge is -2.27. The van der Waals surface area contributed by atoms with Gasteiger partial charge in [-0.2, -0.15) is 0 Å². The number of carbonyl (C=O) groups is 2. The second-order valence-corrected chi connectivity index (χ2v) is 5.67. The molecule has 0 bridgehead atoms. The second kappa shape index (κ2) is 5.29. The molecule has 0 fully saturated rings. The normalized spacial score (nSPS) is 18.2. The molecule has 1 aliphatic heterocycles. The lowest BCUT2D eigenvalue weighted by atomic mass is 10.1. The van der Waals surface area contributed by atoms with Gasteiger partial charge in [-0.05, 0) is 35.6 Å². The molecular formula is C12H16IN3O2. The van der Waals surface area contributed by atoms with E-state index in [-0.39, 0.29) is 17.9 Å². The first-order chi connectivity index (χ1) is 8.52. The maximum Gasteiger partial charge on any atom is 0.268 e. The molecule has 6 heteroatoms. The number of nitrogens with one attached hydrogen (secondary N) is 1. The van der Waals surface area contributed by atoms with Crippen LogP contribution in [-0.2, 0) is 4.79 Å². The first kappa shape index (κ1) is 13.4. The van der Waals surface area contributed by atoms with Gasteiger partial charge in [-0.15, -0.1) is 0 Å². The van der Waals surface area contributed by atoms with E-state index in [2.05, 4.69) is 27.9 Å². The molecule has 0 saturated carbocycles. The maximum atomic E-state index is 11.9. The molecular weight excluding hydrogens is 345 g/mol. The molecule has 1 atom stereocenters. The summed E-state index contributed by atoms with van der Waals surface area (Å²) in [7, 11) is 1.80. The van der Waals surface area contributed by atoms with Crippen LogP contribution in [0.3, 0.4) is 0 Å². The van der Waals surface area contributed by atoms with E-state index in [1.165, 1.54) is 0 Å². The Labute approximate surface area is 120 Å². The molecule has 0 aromatic carbocycles. The Morgan fingerprint density at radius 1 is 1.67 bits per heavy atom. The van der Waals surface area contributed by atoms with Gasteiger partial charge in [0.25, 0.3) is 5.91 Å². The Hall–Kier alpha value is -1.05. The molecule has 18 heavy (non-hydrogen) atoms. The summed E-state index contributed by atoms with van der Waals surface area (Å²) in [6.07, 6.45) is 2.35. The minimum absolute atomic E-state index is 0.0164. The Balaban J connectivity index is 2.19. The molecule has 0 saturated heterocycles. The topological polar surface area (TPSA) is 54.3 Å². The fraction of sp³-hybridized carbons (Fsp3) is 0.500. The Morgan fingerprint density at radius 3 is 3.06 bits per heavy atom. The van der Waals surface area contributed by atoms with Crippen LogP contribution in [0, 0.1) is 3.57 Å². The molecule has 1 aromatic heterocycles. The monoisotopic (exact) mass is 361 g/mol. The predicted molar refractivity (Wildman–Crippen MR) is 76.4 cm³/mol. The highest BCUT2D eigenvalue weighted by Crippen LogP contribution is 2.23. The van der Waals surface area contributed by atoms with Crippen molar-refractivity contribution in [2.75, 3.05) is 20.1 Å². The van der Waals surface area contributed by atoms with E-state index < -0.39 is 0 Å². The van der Waals surface area contributed by atoms with Crippen LogP contribution in [0.1, 0.15) is 29.9 Å². The Morgan fingerprint density at radius 2 is 2.39 bits per heavy atom. The van der Waals surface area contributed by atoms with Crippen molar-refractivity contribution in [1.82, 2.24) is 14.8 Å². The largest absolute Gasteiger partial charge is 0.349 e. The Bertz CT molecular complexity index is 484. The van der Waals surface area contributed by atoms with Gasteiger partial charge in [-0.25, -0.2) is 0 Å². The molecule has 0 radical (unpaired) electrons. The molecule has 0 spiro atoms. The van der Waals surface area contributed by atoms with Crippen molar-refractivity contribution in [3.63, 3.8) is 0 Å². The summed E-state index contributed by atoms with van der Waals surface area (Å²) in [4.78, 5) is 25.3. The lowest BCUT2D eigenvalue weighted by Crippen LogP contribution is -2.40. The summed E-state index contributed by atoms with van der Waals surface area (Å²) >= 11 is 2.18. The molecule has 98 valence electrons. The number of aromatic nitrogens is 1. The van der Waals surface area contributed by atoms with E-state index in [4.69, 9.17) is 0 Å². The standard InChI is InChI=1S/C12H16IN3O2/c1-3-15(2)11(17)5-9-6-14-12(18)10-4-8(13)7-16(9)10/h4,7,9H,3,5-6H2,1-2H3,(H,14,18). The highest BCUT2D eigenvalue weighted by atomic mass is 127. The van der Waals surface area contributed by atoms with Gasteiger partial charge in [0.2, 0.25) is 5.91 Å². The fourth-order valence-electron chi connectivity index (χ4n) is 2.03. The number of hydrogen-bond acceptors (Lipinski definition) is 2. The van der Waals surface area contributed by atoms with Crippen LogP contribution in [0.15, 0.2) is 12.3 Å². The first-order valence-electron chi connectivity index (χ1n) is 5.92. The molecule has 2 amide bonds. The predicted octanol–water partition coefficient (Wildman–Crippen LogP) is 1.25. The average molecular weight is 361 g/mol. The number of fused-ring (bicyclic) bond motifs is 1. The van der Waals surface area contributed by atoms with E-state index in [0.717, 1.165) is 3.57 Å². The van der Waals surface area contributed by atoms with Crippen molar-refractivity contribution >= 4 is 34.4 Å². The van der Waals surface area contributed by atoms with Gasteiger partial charge < -0.3 is 14.8 Å². The fourth-order valence-corrected chi connectivity index (χ4v) is 2.63. The van der Waals surface area contributed by atoms with Gasteiger partial charge in [-0.1, -0.05) is 0 Å². The molecule has 1 unspecified atom stereocenters. The van der Waals surface area contributed by atoms with Gasteiger partial charge in [0.15, 0.2) is 0 Å². The van der Waals surface area contributed by atoms with E-state index in [0.29, 0.717) is 25.2 Å². The zero-order valence-corrected chi connectivity index (χ0v) is 12.6. The van der Waals surface area contributed by atoms with Gasteiger partial charge in [0.05, 0.1) is 6.04 Å². The summed E-state index contributed by atoms with van der Waals surface area (Å²) in [6, 6.07) is 1.86. The van der Waals surface area contributed by atoms with Crippen LogP contribution in [-0.4, -0.2) is 41.4 Å². The van der Waals surface area contributed by atoms with Crippen LogP contribution in [0.4, 0.5) is 0 Å². The van der Waals surface area contributed by atoms with Crippen LogP contribution < -0.4 is 5.32 Å². The van der Waals surface area contributed by atoms with Crippen LogP contribution in [0.5, 0.6) is 0 Å². The zero-order chi connectivity index (χ0) is 13.3. The quantitative estimate of drug-likeness (QED) is 0.824. The molecule has 2 heterocycles. The second-order valence-electron chi connectivity index (χ2n) is 4.43. The van der Waals surface area contributed by atoms with E-state index in [1.54, 1.807) is 11.9 Å². The minimum Gasteiger partial charge on any atom is -0.349 e. The van der Waals surface area contributed by atoms with Crippen LogP contribution >= 0.6 is 22.6 Å². The third-order valence-corrected chi connectivity index (χ3v) is 3.84. The van der Waals surface area contributed by atoms with Gasteiger partial charge in [0.1, 0.15) is 5.69 Å². The molecule has 1 aromatic rings. The molecule has 1 N–H and O–H groups in total. The number of carbonyl (C=O) groups excluding carboxylic acids is 2. The number of nitrogens with zero attached hydrogens (tertiary/aromatic N) is 2. The third kappa shape index (κ3) is 2.52. The lowest BCUT2D eigenvalue weighted by molar-refractivity contribution is -0.130. The summed E-state index contributed by atoms with van der Waals surface area (Å²) in [5, 5.41) is 2.83. The summed E-state index contributed by atoms with van der Waals surface area (Å²) in [5.74, 6) is 0.0405. The van der Waals surface area contributed by atoms with Crippen LogP contribution in [0.2, 0.25) is 0 Å².